The molecule has 346 valence electrons. The van der Waals surface area contributed by atoms with Gasteiger partial charge in [0.25, 0.3) is 0 Å². The van der Waals surface area contributed by atoms with E-state index in [2.05, 4.69) is 103 Å². The lowest BCUT2D eigenvalue weighted by molar-refractivity contribution is -0.0289. The predicted octanol–water partition coefficient (Wildman–Crippen LogP) is 11.3. The van der Waals surface area contributed by atoms with E-state index in [-0.39, 0.29) is 28.9 Å². The van der Waals surface area contributed by atoms with E-state index in [0.29, 0.717) is 36.9 Å². The molecule has 2 atom stereocenters. The first-order valence-corrected chi connectivity index (χ1v) is 26.6. The Labute approximate surface area is 391 Å². The maximum atomic E-state index is 13.2. The van der Waals surface area contributed by atoms with Crippen molar-refractivity contribution in [3.8, 4) is 22.6 Å². The number of carbonyl (C=O) groups is 1. The van der Waals surface area contributed by atoms with Crippen LogP contribution in [0.4, 0.5) is 10.5 Å². The normalized spacial score (nSPS) is 17.6. The number of benzene rings is 5. The SMILES string of the molecule is CC(C)(C)[Si](C)(C)O[C@@H](CNCCc1ccc(OCCCc2ccc(-c3ccccc3)c(NC(=O)O[C@H]3CN4CCC3CC4)c2)cc1)c1ccc(OCc2ccccc2)c2[nH]c(=O)ccc12. The Balaban J connectivity index is 0.848. The monoisotopic (exact) mass is 906 g/mol. The van der Waals surface area contributed by atoms with E-state index in [9.17, 15) is 9.59 Å². The van der Waals surface area contributed by atoms with Crippen LogP contribution in [0.1, 0.15) is 68.4 Å². The second-order valence-electron chi connectivity index (χ2n) is 19.4. The van der Waals surface area contributed by atoms with Gasteiger partial charge >= 0.3 is 6.09 Å². The summed E-state index contributed by atoms with van der Waals surface area (Å²) in [6.07, 6.45) is 3.99. The van der Waals surface area contributed by atoms with Crippen molar-refractivity contribution < 1.29 is 23.4 Å². The summed E-state index contributed by atoms with van der Waals surface area (Å²) in [5.41, 5.74) is 7.71. The molecule has 3 saturated heterocycles. The molecule has 66 heavy (non-hydrogen) atoms. The number of nitrogens with zero attached hydrogens (tertiary/aromatic N) is 1. The lowest BCUT2D eigenvalue weighted by Crippen LogP contribution is -2.52. The number of piperidine rings is 3. The Kier molecular flexibility index (Phi) is 15.1. The molecule has 11 heteroatoms. The molecule has 2 bridgehead atoms. The zero-order chi connectivity index (χ0) is 46.1. The summed E-state index contributed by atoms with van der Waals surface area (Å²) in [5, 5.41) is 7.73. The van der Waals surface area contributed by atoms with Crippen molar-refractivity contribution in [2.24, 2.45) is 5.92 Å². The number of aromatic nitrogens is 1. The van der Waals surface area contributed by atoms with Crippen LogP contribution in [-0.2, 0) is 28.6 Å². The molecular weight excluding hydrogens is 841 g/mol. The smallest absolute Gasteiger partial charge is 0.411 e. The number of nitrogens with one attached hydrogen (secondary N) is 3. The Bertz CT molecular complexity index is 2590. The van der Waals surface area contributed by atoms with E-state index in [1.165, 1.54) is 5.56 Å². The Morgan fingerprint density at radius 3 is 2.26 bits per heavy atom. The third kappa shape index (κ3) is 12.0. The highest BCUT2D eigenvalue weighted by Gasteiger charge is 2.40. The van der Waals surface area contributed by atoms with Gasteiger partial charge in [-0.05, 0) is 134 Å². The van der Waals surface area contributed by atoms with Gasteiger partial charge in [-0.15, -0.1) is 0 Å². The number of hydrogen-bond donors (Lipinski definition) is 3. The Morgan fingerprint density at radius 2 is 1.55 bits per heavy atom. The van der Waals surface area contributed by atoms with Crippen LogP contribution in [0.2, 0.25) is 18.1 Å². The summed E-state index contributed by atoms with van der Waals surface area (Å²) in [6.45, 7) is 16.7. The summed E-state index contributed by atoms with van der Waals surface area (Å²) in [7, 11) is -2.20. The van der Waals surface area contributed by atoms with Crippen LogP contribution in [0.15, 0.2) is 132 Å². The fraction of sp³-hybridized carbons (Fsp3) is 0.382. The molecule has 3 N–H and O–H groups in total. The molecule has 5 aromatic carbocycles. The van der Waals surface area contributed by atoms with Crippen LogP contribution < -0.4 is 25.7 Å². The van der Waals surface area contributed by atoms with Gasteiger partial charge in [-0.1, -0.05) is 112 Å². The van der Waals surface area contributed by atoms with Crippen molar-refractivity contribution in [3.05, 3.63) is 160 Å². The van der Waals surface area contributed by atoms with Crippen molar-refractivity contribution in [1.29, 1.82) is 0 Å². The predicted molar refractivity (Wildman–Crippen MR) is 268 cm³/mol. The van der Waals surface area contributed by atoms with Gasteiger partial charge in [0.05, 0.1) is 23.9 Å². The molecule has 1 aromatic heterocycles. The molecule has 0 saturated carbocycles. The molecule has 0 radical (unpaired) electrons. The van der Waals surface area contributed by atoms with E-state index >= 15 is 0 Å². The first-order valence-electron chi connectivity index (χ1n) is 23.7. The largest absolute Gasteiger partial charge is 0.494 e. The summed E-state index contributed by atoms with van der Waals surface area (Å²) < 4.78 is 25.6. The molecule has 6 aromatic rings. The fourth-order valence-corrected chi connectivity index (χ4v) is 10.1. The average molecular weight is 907 g/mol. The molecule has 3 aliphatic heterocycles. The van der Waals surface area contributed by atoms with Gasteiger partial charge in [0, 0.05) is 30.1 Å². The minimum absolute atomic E-state index is 0.0106. The highest BCUT2D eigenvalue weighted by molar-refractivity contribution is 6.74. The number of carbonyl (C=O) groups excluding carboxylic acids is 1. The maximum Gasteiger partial charge on any atom is 0.411 e. The number of anilines is 1. The first-order chi connectivity index (χ1) is 31.9. The first kappa shape index (κ1) is 46.8. The molecule has 1 amide bonds. The number of ether oxygens (including phenoxy) is 3. The van der Waals surface area contributed by atoms with Crippen molar-refractivity contribution in [2.75, 3.05) is 44.6 Å². The lowest BCUT2D eigenvalue weighted by atomic mass is 9.86. The minimum Gasteiger partial charge on any atom is -0.494 e. The molecule has 4 heterocycles. The van der Waals surface area contributed by atoms with E-state index < -0.39 is 8.32 Å². The van der Waals surface area contributed by atoms with Crippen molar-refractivity contribution in [3.63, 3.8) is 0 Å². The van der Waals surface area contributed by atoms with Crippen LogP contribution in [0.3, 0.4) is 0 Å². The standard InChI is InChI=1S/C55H66N4O6Si/c1-55(2,3)66(4,5)65-50(46-24-26-49(53-47(46)25-27-52(60)58-53)63-38-41-13-8-6-9-14-41)36-56-31-28-39-18-21-44(22-19-39)62-34-12-15-40-20-23-45(42-16-10-7-11-17-42)48(35-40)57-54(61)64-51-37-59-32-29-43(51)30-33-59/h6-11,13-14,16-27,35,43,50-51,56H,12,15,28-34,36-38H2,1-5H3,(H,57,61)(H,58,60)/t50-,51-/m0/s1. The Morgan fingerprint density at radius 1 is 0.818 bits per heavy atom. The van der Waals surface area contributed by atoms with Crippen molar-refractivity contribution in [2.45, 2.75) is 89.8 Å². The van der Waals surface area contributed by atoms with Crippen LogP contribution in [0.5, 0.6) is 11.5 Å². The summed E-state index contributed by atoms with van der Waals surface area (Å²) in [6, 6.07) is 42.4. The highest BCUT2D eigenvalue weighted by Crippen LogP contribution is 2.41. The number of amides is 1. The van der Waals surface area contributed by atoms with Gasteiger partial charge in [0.15, 0.2) is 8.32 Å². The van der Waals surface area contributed by atoms with Crippen LogP contribution in [0.25, 0.3) is 22.0 Å². The van der Waals surface area contributed by atoms with E-state index in [1.54, 1.807) is 6.07 Å². The number of rotatable bonds is 19. The molecule has 3 fully saturated rings. The van der Waals surface area contributed by atoms with Gasteiger partial charge < -0.3 is 28.9 Å². The molecule has 3 aliphatic rings. The average Bonchev–Trinajstić information content (AvgIpc) is 3.31. The molecule has 0 unspecified atom stereocenters. The van der Waals surface area contributed by atoms with E-state index in [4.69, 9.17) is 18.6 Å². The second-order valence-corrected chi connectivity index (χ2v) is 24.2. The second kappa shape index (κ2) is 21.3. The molecular formula is C55H66N4O6Si. The summed E-state index contributed by atoms with van der Waals surface area (Å²) in [4.78, 5) is 31.3. The van der Waals surface area contributed by atoms with Crippen LogP contribution in [0, 0.1) is 5.92 Å². The number of pyridine rings is 1. The number of hydrogen-bond acceptors (Lipinski definition) is 8. The van der Waals surface area contributed by atoms with Crippen LogP contribution >= 0.6 is 0 Å². The number of aromatic amines is 1. The third-order valence-electron chi connectivity index (χ3n) is 13.7. The van der Waals surface area contributed by atoms with E-state index in [0.717, 1.165) is 103 Å². The molecule has 0 spiro atoms. The van der Waals surface area contributed by atoms with Gasteiger partial charge in [-0.25, -0.2) is 4.79 Å². The zero-order valence-corrected chi connectivity index (χ0v) is 40.2. The topological polar surface area (TPSA) is 114 Å². The highest BCUT2D eigenvalue weighted by atomic mass is 28.4. The van der Waals surface area contributed by atoms with E-state index in [1.807, 2.05) is 72.8 Å². The van der Waals surface area contributed by atoms with Gasteiger partial charge in [0.2, 0.25) is 5.56 Å². The fourth-order valence-electron chi connectivity index (χ4n) is 8.86. The molecule has 0 aliphatic carbocycles. The zero-order valence-electron chi connectivity index (χ0n) is 39.2. The van der Waals surface area contributed by atoms with Gasteiger partial charge in [-0.3, -0.25) is 15.0 Å². The number of fused-ring (bicyclic) bond motifs is 4. The van der Waals surface area contributed by atoms with Gasteiger partial charge in [-0.2, -0.15) is 0 Å². The number of aryl methyl sites for hydroxylation is 1. The van der Waals surface area contributed by atoms with Crippen LogP contribution in [-0.4, -0.2) is 69.7 Å². The number of H-pyrrole nitrogens is 1. The molecule has 9 rings (SSSR count). The minimum atomic E-state index is -2.20. The summed E-state index contributed by atoms with van der Waals surface area (Å²) >= 11 is 0. The van der Waals surface area contributed by atoms with Gasteiger partial charge in [0.1, 0.15) is 24.2 Å². The molecule has 10 nitrogen and oxygen atoms in total. The summed E-state index contributed by atoms with van der Waals surface area (Å²) in [5.74, 6) is 1.93. The third-order valence-corrected chi connectivity index (χ3v) is 18.2. The Hall–Kier alpha value is -5.72. The lowest BCUT2D eigenvalue weighted by Gasteiger charge is -2.43. The quantitative estimate of drug-likeness (QED) is 0.0544. The maximum absolute atomic E-state index is 13.2. The van der Waals surface area contributed by atoms with Crippen molar-refractivity contribution in [1.82, 2.24) is 15.2 Å². The van der Waals surface area contributed by atoms with Crippen molar-refractivity contribution >= 4 is 31.0 Å².